The molecule has 2 aromatic rings. The van der Waals surface area contributed by atoms with Crippen molar-refractivity contribution in [3.8, 4) is 0 Å². The zero-order valence-corrected chi connectivity index (χ0v) is 14.7. The number of hydrogen-bond donors (Lipinski definition) is 1. The molecule has 1 aliphatic heterocycles. The Kier molecular flexibility index (Phi) is 4.94. The number of carbonyl (C=O) groups excluding carboxylic acids is 2. The molecule has 128 valence electrons. The zero-order valence-electron chi connectivity index (χ0n) is 13.9. The first-order valence-corrected chi connectivity index (χ1v) is 8.97. The highest BCUT2D eigenvalue weighted by Gasteiger charge is 2.19. The van der Waals surface area contributed by atoms with E-state index in [2.05, 4.69) is 15.5 Å². The number of carbonyl (C=O) groups is 2. The van der Waals surface area contributed by atoms with E-state index in [9.17, 15) is 9.59 Å². The largest absolute Gasteiger partial charge is 0.333 e. The first-order chi connectivity index (χ1) is 11.6. The number of aromatic nitrogens is 2. The molecule has 3 rings (SSSR count). The molecule has 0 unspecified atom stereocenters. The topological polar surface area (TPSA) is 79.1 Å². The number of imidazole rings is 1. The molecule has 0 atom stereocenters. The van der Waals surface area contributed by atoms with Gasteiger partial charge in [0.15, 0.2) is 4.96 Å². The molecule has 0 aromatic carbocycles. The second-order valence-corrected chi connectivity index (χ2v) is 6.83. The molecule has 2 aromatic heterocycles. The minimum atomic E-state index is -0.276. The SMILES string of the molecule is Cc1nc2scc(C)n2c1/C=N\NC(=O)CN1CCCCCC1=O. The quantitative estimate of drug-likeness (QED) is 0.677. The number of amides is 2. The van der Waals surface area contributed by atoms with E-state index in [1.807, 2.05) is 23.6 Å². The van der Waals surface area contributed by atoms with E-state index in [0.29, 0.717) is 13.0 Å². The van der Waals surface area contributed by atoms with Crippen LogP contribution in [0.1, 0.15) is 42.8 Å². The highest BCUT2D eigenvalue weighted by molar-refractivity contribution is 7.15. The van der Waals surface area contributed by atoms with Crippen LogP contribution < -0.4 is 5.43 Å². The van der Waals surface area contributed by atoms with Crippen LogP contribution in [0, 0.1) is 13.8 Å². The lowest BCUT2D eigenvalue weighted by atomic mass is 10.2. The Morgan fingerprint density at radius 3 is 3.08 bits per heavy atom. The predicted molar refractivity (Wildman–Crippen MR) is 93.3 cm³/mol. The molecule has 0 saturated carbocycles. The third-order valence-electron chi connectivity index (χ3n) is 4.14. The van der Waals surface area contributed by atoms with Gasteiger partial charge < -0.3 is 4.90 Å². The number of thiazole rings is 1. The number of fused-ring (bicyclic) bond motifs is 1. The maximum Gasteiger partial charge on any atom is 0.259 e. The van der Waals surface area contributed by atoms with Gasteiger partial charge in [0.05, 0.1) is 17.6 Å². The molecular formula is C16H21N5O2S. The van der Waals surface area contributed by atoms with Gasteiger partial charge in [-0.3, -0.25) is 14.0 Å². The van der Waals surface area contributed by atoms with Crippen molar-refractivity contribution in [2.45, 2.75) is 39.5 Å². The van der Waals surface area contributed by atoms with Gasteiger partial charge >= 0.3 is 0 Å². The molecular weight excluding hydrogens is 326 g/mol. The van der Waals surface area contributed by atoms with E-state index < -0.39 is 0 Å². The Hall–Kier alpha value is -2.22. The van der Waals surface area contributed by atoms with Gasteiger partial charge in [-0.25, -0.2) is 10.4 Å². The summed E-state index contributed by atoms with van der Waals surface area (Å²) in [6.07, 6.45) is 5.04. The van der Waals surface area contributed by atoms with Gasteiger partial charge in [0.2, 0.25) is 5.91 Å². The lowest BCUT2D eigenvalue weighted by molar-refractivity contribution is -0.135. The summed E-state index contributed by atoms with van der Waals surface area (Å²) in [6, 6.07) is 0. The van der Waals surface area contributed by atoms with Gasteiger partial charge in [-0.05, 0) is 26.7 Å². The summed E-state index contributed by atoms with van der Waals surface area (Å²) in [5.74, 6) is -0.226. The number of nitrogens with zero attached hydrogens (tertiary/aromatic N) is 4. The summed E-state index contributed by atoms with van der Waals surface area (Å²) in [4.78, 5) is 30.9. The fourth-order valence-electron chi connectivity index (χ4n) is 2.86. The Bertz CT molecular complexity index is 792. The van der Waals surface area contributed by atoms with Gasteiger partial charge in [0.1, 0.15) is 6.54 Å². The van der Waals surface area contributed by atoms with Crippen molar-refractivity contribution in [1.29, 1.82) is 0 Å². The first-order valence-electron chi connectivity index (χ1n) is 8.09. The van der Waals surface area contributed by atoms with Crippen LogP contribution in [-0.2, 0) is 9.59 Å². The number of hydrazone groups is 1. The monoisotopic (exact) mass is 347 g/mol. The van der Waals surface area contributed by atoms with E-state index in [1.54, 1.807) is 22.5 Å². The first kappa shape index (κ1) is 16.6. The third kappa shape index (κ3) is 3.48. The van der Waals surface area contributed by atoms with E-state index in [0.717, 1.165) is 41.3 Å². The standard InChI is InChI=1S/C16H21N5O2S/c1-11-10-24-16-18-12(2)13(21(11)16)8-17-19-14(22)9-20-7-5-3-4-6-15(20)23/h8,10H,3-7,9H2,1-2H3,(H,19,22)/b17-8-. The summed E-state index contributed by atoms with van der Waals surface area (Å²) in [5.41, 5.74) is 5.32. The molecule has 1 aliphatic rings. The van der Waals surface area contributed by atoms with Crippen LogP contribution in [0.2, 0.25) is 0 Å². The number of nitrogens with one attached hydrogen (secondary N) is 1. The van der Waals surface area contributed by atoms with Crippen LogP contribution in [0.15, 0.2) is 10.5 Å². The fourth-order valence-corrected chi connectivity index (χ4v) is 3.78. The second-order valence-electron chi connectivity index (χ2n) is 6.00. The minimum absolute atomic E-state index is 0.0499. The Morgan fingerprint density at radius 2 is 2.25 bits per heavy atom. The van der Waals surface area contributed by atoms with Crippen molar-refractivity contribution >= 4 is 34.3 Å². The normalized spacial score (nSPS) is 16.1. The maximum absolute atomic E-state index is 12.0. The molecule has 0 bridgehead atoms. The molecule has 2 amide bonds. The Labute approximate surface area is 144 Å². The number of hydrogen-bond acceptors (Lipinski definition) is 5. The summed E-state index contributed by atoms with van der Waals surface area (Å²) < 4.78 is 2.01. The van der Waals surface area contributed by atoms with Crippen molar-refractivity contribution in [2.24, 2.45) is 5.10 Å². The molecule has 1 saturated heterocycles. The van der Waals surface area contributed by atoms with Crippen molar-refractivity contribution < 1.29 is 9.59 Å². The van der Waals surface area contributed by atoms with Gasteiger partial charge in [-0.1, -0.05) is 6.42 Å². The highest BCUT2D eigenvalue weighted by atomic mass is 32.1. The summed E-state index contributed by atoms with van der Waals surface area (Å²) in [5, 5.41) is 6.07. The second kappa shape index (κ2) is 7.12. The van der Waals surface area contributed by atoms with Crippen LogP contribution in [0.25, 0.3) is 4.96 Å². The molecule has 24 heavy (non-hydrogen) atoms. The van der Waals surface area contributed by atoms with Gasteiger partial charge in [0.25, 0.3) is 5.91 Å². The molecule has 0 spiro atoms. The molecule has 1 fully saturated rings. The lowest BCUT2D eigenvalue weighted by Gasteiger charge is -2.18. The third-order valence-corrected chi connectivity index (χ3v) is 5.08. The lowest BCUT2D eigenvalue weighted by Crippen LogP contribution is -2.39. The Balaban J connectivity index is 1.63. The van der Waals surface area contributed by atoms with Gasteiger partial charge in [-0.15, -0.1) is 11.3 Å². The van der Waals surface area contributed by atoms with Crippen LogP contribution in [-0.4, -0.2) is 45.4 Å². The van der Waals surface area contributed by atoms with E-state index in [4.69, 9.17) is 0 Å². The van der Waals surface area contributed by atoms with Crippen molar-refractivity contribution in [2.75, 3.05) is 13.1 Å². The molecule has 8 heteroatoms. The zero-order chi connectivity index (χ0) is 17.1. The average molecular weight is 347 g/mol. The van der Waals surface area contributed by atoms with E-state index in [1.165, 1.54) is 0 Å². The van der Waals surface area contributed by atoms with Crippen LogP contribution >= 0.6 is 11.3 Å². The highest BCUT2D eigenvalue weighted by Crippen LogP contribution is 2.19. The number of aryl methyl sites for hydroxylation is 2. The molecule has 7 nitrogen and oxygen atoms in total. The Morgan fingerprint density at radius 1 is 1.42 bits per heavy atom. The number of likely N-dealkylation sites (tertiary alicyclic amines) is 1. The average Bonchev–Trinajstić information content (AvgIpc) is 2.97. The maximum atomic E-state index is 12.0. The summed E-state index contributed by atoms with van der Waals surface area (Å²) >= 11 is 1.57. The van der Waals surface area contributed by atoms with Crippen molar-refractivity contribution in [3.05, 3.63) is 22.5 Å². The van der Waals surface area contributed by atoms with Gasteiger partial charge in [-0.2, -0.15) is 5.10 Å². The van der Waals surface area contributed by atoms with E-state index >= 15 is 0 Å². The fraction of sp³-hybridized carbons (Fsp3) is 0.500. The van der Waals surface area contributed by atoms with Gasteiger partial charge in [0, 0.05) is 24.0 Å². The smallest absolute Gasteiger partial charge is 0.259 e. The molecule has 3 heterocycles. The van der Waals surface area contributed by atoms with Crippen molar-refractivity contribution in [3.63, 3.8) is 0 Å². The summed E-state index contributed by atoms with van der Waals surface area (Å²) in [7, 11) is 0. The molecule has 1 N–H and O–H groups in total. The van der Waals surface area contributed by atoms with E-state index in [-0.39, 0.29) is 18.4 Å². The molecule has 0 radical (unpaired) electrons. The van der Waals surface area contributed by atoms with Crippen LogP contribution in [0.3, 0.4) is 0 Å². The van der Waals surface area contributed by atoms with Crippen molar-refractivity contribution in [1.82, 2.24) is 19.7 Å². The molecule has 0 aliphatic carbocycles. The number of rotatable bonds is 4. The van der Waals surface area contributed by atoms with Crippen LogP contribution in [0.4, 0.5) is 0 Å². The predicted octanol–water partition coefficient (Wildman–Crippen LogP) is 1.87. The summed E-state index contributed by atoms with van der Waals surface area (Å²) in [6.45, 7) is 4.63. The minimum Gasteiger partial charge on any atom is -0.333 e. The van der Waals surface area contributed by atoms with Crippen LogP contribution in [0.5, 0.6) is 0 Å².